The molecule has 0 amide bonds. The van der Waals surface area contributed by atoms with Crippen molar-refractivity contribution >= 4 is 23.2 Å². The van der Waals surface area contributed by atoms with Gasteiger partial charge in [0.2, 0.25) is 0 Å². The number of carbonyl (C=O) groups excluding carboxylic acids is 2. The molecule has 1 aliphatic rings. The van der Waals surface area contributed by atoms with Crippen LogP contribution in [0.15, 0.2) is 48.2 Å². The molecule has 164 valence electrons. The second-order valence-electron chi connectivity index (χ2n) is 8.56. The lowest BCUT2D eigenvalue weighted by molar-refractivity contribution is -0.158. The van der Waals surface area contributed by atoms with Gasteiger partial charge in [-0.15, -0.1) is 0 Å². The van der Waals surface area contributed by atoms with Gasteiger partial charge in [0, 0.05) is 5.69 Å². The summed E-state index contributed by atoms with van der Waals surface area (Å²) in [6, 6.07) is 13.5. The van der Waals surface area contributed by atoms with Crippen LogP contribution in [0.1, 0.15) is 45.7 Å². The largest absolute Gasteiger partial charge is 0.513 e. The Labute approximate surface area is 183 Å². The molecule has 6 heteroatoms. The molecular formula is C25H29NO5. The number of anilines is 1. The number of ketones is 1. The minimum atomic E-state index is -1.09. The molecule has 2 N–H and O–H groups in total. The Morgan fingerprint density at radius 3 is 2.19 bits per heavy atom. The average molecular weight is 424 g/mol. The fourth-order valence-corrected chi connectivity index (χ4v) is 3.95. The highest BCUT2D eigenvalue weighted by molar-refractivity contribution is 6.26. The minimum Gasteiger partial charge on any atom is -0.437 e. The van der Waals surface area contributed by atoms with Crippen molar-refractivity contribution in [2.24, 2.45) is 0 Å². The van der Waals surface area contributed by atoms with Crippen molar-refractivity contribution in [3.05, 3.63) is 59.4 Å². The fraction of sp³-hybridized carbons (Fsp3) is 0.360. The minimum absolute atomic E-state index is 0.146. The average Bonchev–Trinajstić information content (AvgIpc) is 2.71. The summed E-state index contributed by atoms with van der Waals surface area (Å²) in [6.07, 6.45) is -0.203. The lowest BCUT2D eigenvalue weighted by atomic mass is 9.80. The summed E-state index contributed by atoms with van der Waals surface area (Å²) in [5, 5.41) is 0. The molecule has 0 spiro atoms. The Morgan fingerprint density at radius 1 is 1.00 bits per heavy atom. The lowest BCUT2D eigenvalue weighted by Crippen LogP contribution is -2.50. The summed E-state index contributed by atoms with van der Waals surface area (Å²) in [4.78, 5) is 25.6. The fourth-order valence-electron chi connectivity index (χ4n) is 3.95. The van der Waals surface area contributed by atoms with E-state index >= 15 is 0 Å². The van der Waals surface area contributed by atoms with Gasteiger partial charge in [-0.05, 0) is 74.6 Å². The second kappa shape index (κ2) is 8.19. The number of nitrogens with two attached hydrogens (primary N) is 1. The summed E-state index contributed by atoms with van der Waals surface area (Å²) in [6.45, 7) is 9.01. The van der Waals surface area contributed by atoms with Gasteiger partial charge < -0.3 is 19.9 Å². The maximum Gasteiger partial charge on any atom is 0.513 e. The van der Waals surface area contributed by atoms with E-state index in [0.717, 1.165) is 16.7 Å². The molecule has 0 saturated heterocycles. The molecule has 1 heterocycles. The third-order valence-electron chi connectivity index (χ3n) is 5.41. The molecule has 2 aromatic rings. The van der Waals surface area contributed by atoms with Crippen LogP contribution in [0.4, 0.5) is 10.5 Å². The molecular weight excluding hydrogens is 394 g/mol. The van der Waals surface area contributed by atoms with E-state index in [4.69, 9.17) is 19.9 Å². The Bertz CT molecular complexity index is 1050. The molecule has 0 atom stereocenters. The van der Waals surface area contributed by atoms with Crippen molar-refractivity contribution in [2.45, 2.75) is 52.2 Å². The smallest absolute Gasteiger partial charge is 0.437 e. The maximum absolute atomic E-state index is 13.5. The SMILES string of the molecule is CCc1ccc(-c2ccc(N)cc2)cc1C1=C(OC(=O)OC)C(C)(C)OC(C)(C)C1=O. The number of Topliss-reactive ketones (excluding diaryl/α,β-unsaturated/α-hetero) is 1. The number of nitrogen functional groups attached to an aromatic ring is 1. The molecule has 0 bridgehead atoms. The van der Waals surface area contributed by atoms with Crippen LogP contribution in [0.5, 0.6) is 0 Å². The molecule has 6 nitrogen and oxygen atoms in total. The summed E-state index contributed by atoms with van der Waals surface area (Å²) >= 11 is 0. The second-order valence-corrected chi connectivity index (χ2v) is 8.56. The summed E-state index contributed by atoms with van der Waals surface area (Å²) < 4.78 is 16.2. The zero-order valence-electron chi connectivity index (χ0n) is 18.9. The van der Waals surface area contributed by atoms with Crippen molar-refractivity contribution < 1.29 is 23.8 Å². The van der Waals surface area contributed by atoms with Gasteiger partial charge in [0.1, 0.15) is 11.2 Å². The molecule has 0 saturated carbocycles. The van der Waals surface area contributed by atoms with Gasteiger partial charge >= 0.3 is 6.16 Å². The van der Waals surface area contributed by atoms with Crippen molar-refractivity contribution in [3.63, 3.8) is 0 Å². The van der Waals surface area contributed by atoms with Gasteiger partial charge in [-0.3, -0.25) is 4.79 Å². The molecule has 3 rings (SSSR count). The van der Waals surface area contributed by atoms with Crippen LogP contribution in [-0.4, -0.2) is 30.3 Å². The monoisotopic (exact) mass is 423 g/mol. The molecule has 0 aromatic heterocycles. The van der Waals surface area contributed by atoms with Gasteiger partial charge in [0.05, 0.1) is 12.7 Å². The number of rotatable bonds is 4. The summed E-state index contributed by atoms with van der Waals surface area (Å²) in [5.74, 6) is -0.109. The first-order chi connectivity index (χ1) is 14.5. The van der Waals surface area contributed by atoms with Crippen molar-refractivity contribution in [1.29, 1.82) is 0 Å². The lowest BCUT2D eigenvalue weighted by Gasteiger charge is -2.42. The number of hydrogen-bond donors (Lipinski definition) is 1. The first-order valence-electron chi connectivity index (χ1n) is 10.2. The normalized spacial score (nSPS) is 17.4. The van der Waals surface area contributed by atoms with Crippen LogP contribution in [0.3, 0.4) is 0 Å². The molecule has 0 aliphatic carbocycles. The molecule has 0 radical (unpaired) electrons. The van der Waals surface area contributed by atoms with Crippen LogP contribution >= 0.6 is 0 Å². The van der Waals surface area contributed by atoms with Crippen molar-refractivity contribution in [1.82, 2.24) is 0 Å². The Morgan fingerprint density at radius 2 is 1.61 bits per heavy atom. The Balaban J connectivity index is 2.30. The predicted octanol–water partition coefficient (Wildman–Crippen LogP) is 5.15. The number of ether oxygens (including phenoxy) is 3. The molecule has 2 aromatic carbocycles. The quantitative estimate of drug-likeness (QED) is 0.541. The third kappa shape index (κ3) is 4.35. The van der Waals surface area contributed by atoms with E-state index in [1.165, 1.54) is 7.11 Å². The number of carbonyl (C=O) groups is 2. The Hall–Kier alpha value is -3.12. The number of methoxy groups -OCH3 is 1. The first-order valence-corrected chi connectivity index (χ1v) is 10.2. The van der Waals surface area contributed by atoms with E-state index in [0.29, 0.717) is 23.2 Å². The van der Waals surface area contributed by atoms with Gasteiger partial charge in [0.15, 0.2) is 11.5 Å². The Kier molecular flexibility index (Phi) is 5.96. The number of benzene rings is 2. The zero-order chi connectivity index (χ0) is 23.0. The number of hydrogen-bond acceptors (Lipinski definition) is 6. The van der Waals surface area contributed by atoms with E-state index < -0.39 is 17.4 Å². The van der Waals surface area contributed by atoms with Gasteiger partial charge in [-0.2, -0.15) is 0 Å². The van der Waals surface area contributed by atoms with Crippen molar-refractivity contribution in [2.75, 3.05) is 12.8 Å². The maximum atomic E-state index is 13.5. The topological polar surface area (TPSA) is 87.8 Å². The summed E-state index contributed by atoms with van der Waals surface area (Å²) in [5.41, 5.74) is 8.28. The predicted molar refractivity (Wildman–Crippen MR) is 120 cm³/mol. The third-order valence-corrected chi connectivity index (χ3v) is 5.41. The van der Waals surface area contributed by atoms with E-state index in [9.17, 15) is 9.59 Å². The van der Waals surface area contributed by atoms with Crippen LogP contribution in [0, 0.1) is 0 Å². The zero-order valence-corrected chi connectivity index (χ0v) is 18.9. The van der Waals surface area contributed by atoms with Gasteiger partial charge in [-0.25, -0.2) is 4.79 Å². The van der Waals surface area contributed by atoms with Gasteiger partial charge in [0.25, 0.3) is 0 Å². The standard InChI is InChI=1S/C25H29NO5/c1-7-15-8-9-17(16-10-12-18(26)13-11-16)14-19(15)20-21(27)24(2,3)31-25(4,5)22(20)30-23(28)29-6/h8-14H,7,26H2,1-6H3. The van der Waals surface area contributed by atoms with Gasteiger partial charge in [-0.1, -0.05) is 31.2 Å². The van der Waals surface area contributed by atoms with E-state index in [2.05, 4.69) is 0 Å². The molecule has 0 fully saturated rings. The van der Waals surface area contributed by atoms with E-state index in [-0.39, 0.29) is 11.5 Å². The van der Waals surface area contributed by atoms with Crippen LogP contribution in [-0.2, 0) is 25.4 Å². The highest BCUT2D eigenvalue weighted by Gasteiger charge is 2.49. The van der Waals surface area contributed by atoms with E-state index in [1.54, 1.807) is 27.7 Å². The summed E-state index contributed by atoms with van der Waals surface area (Å²) in [7, 11) is 1.23. The number of aryl methyl sites for hydroxylation is 1. The van der Waals surface area contributed by atoms with E-state index in [1.807, 2.05) is 49.4 Å². The molecule has 0 unspecified atom stereocenters. The van der Waals surface area contributed by atoms with Crippen LogP contribution < -0.4 is 5.73 Å². The highest BCUT2D eigenvalue weighted by atomic mass is 16.7. The van der Waals surface area contributed by atoms with Crippen LogP contribution in [0.2, 0.25) is 0 Å². The van der Waals surface area contributed by atoms with Crippen molar-refractivity contribution in [3.8, 4) is 11.1 Å². The molecule has 31 heavy (non-hydrogen) atoms. The first kappa shape index (κ1) is 22.6. The van der Waals surface area contributed by atoms with Crippen LogP contribution in [0.25, 0.3) is 16.7 Å². The highest BCUT2D eigenvalue weighted by Crippen LogP contribution is 2.43. The molecule has 1 aliphatic heterocycles.